The second kappa shape index (κ2) is 7.04. The van der Waals surface area contributed by atoms with Crippen LogP contribution in [0, 0.1) is 6.92 Å². The number of hydrogen-bond acceptors (Lipinski definition) is 5. The average Bonchev–Trinajstić information content (AvgIpc) is 2.99. The SMILES string of the molecule is Cc1ccc(-c2csc3ncn(CCOCCO)c(=O)c23)cc1. The van der Waals surface area contributed by atoms with Crippen molar-refractivity contribution in [2.45, 2.75) is 13.5 Å². The Labute approximate surface area is 137 Å². The van der Waals surface area contributed by atoms with E-state index in [0.29, 0.717) is 18.5 Å². The summed E-state index contributed by atoms with van der Waals surface area (Å²) in [7, 11) is 0. The fourth-order valence-electron chi connectivity index (χ4n) is 2.40. The molecule has 1 aromatic carbocycles. The Bertz CT molecular complexity index is 852. The van der Waals surface area contributed by atoms with Crippen molar-refractivity contribution in [3.8, 4) is 11.1 Å². The van der Waals surface area contributed by atoms with Crippen LogP contribution in [0.3, 0.4) is 0 Å². The molecule has 0 fully saturated rings. The van der Waals surface area contributed by atoms with Gasteiger partial charge in [0.25, 0.3) is 5.56 Å². The molecule has 0 saturated heterocycles. The van der Waals surface area contributed by atoms with E-state index in [0.717, 1.165) is 16.0 Å². The number of benzene rings is 1. The van der Waals surface area contributed by atoms with Crippen LogP contribution in [0.1, 0.15) is 5.56 Å². The molecular formula is C17H18N2O3S. The Hall–Kier alpha value is -2.02. The van der Waals surface area contributed by atoms with Crippen molar-refractivity contribution < 1.29 is 9.84 Å². The minimum absolute atomic E-state index is 0.0196. The Morgan fingerprint density at radius 3 is 2.78 bits per heavy atom. The highest BCUT2D eigenvalue weighted by Gasteiger charge is 2.13. The first-order chi connectivity index (χ1) is 11.2. The van der Waals surface area contributed by atoms with Crippen LogP contribution in [-0.2, 0) is 11.3 Å². The number of aryl methyl sites for hydroxylation is 1. The molecule has 2 heterocycles. The molecule has 5 nitrogen and oxygen atoms in total. The lowest BCUT2D eigenvalue weighted by Gasteiger charge is -2.06. The summed E-state index contributed by atoms with van der Waals surface area (Å²) < 4.78 is 6.79. The summed E-state index contributed by atoms with van der Waals surface area (Å²) in [4.78, 5) is 17.9. The molecule has 0 atom stereocenters. The van der Waals surface area contributed by atoms with Gasteiger partial charge in [-0.3, -0.25) is 9.36 Å². The van der Waals surface area contributed by atoms with Crippen LogP contribution in [0.5, 0.6) is 0 Å². The lowest BCUT2D eigenvalue weighted by Crippen LogP contribution is -2.23. The van der Waals surface area contributed by atoms with Crippen molar-refractivity contribution in [3.05, 3.63) is 51.9 Å². The van der Waals surface area contributed by atoms with Crippen molar-refractivity contribution in [1.29, 1.82) is 0 Å². The smallest absolute Gasteiger partial charge is 0.262 e. The molecule has 0 unspecified atom stereocenters. The molecular weight excluding hydrogens is 312 g/mol. The molecule has 0 bridgehead atoms. The van der Waals surface area contributed by atoms with Gasteiger partial charge in [-0.15, -0.1) is 11.3 Å². The molecule has 0 radical (unpaired) electrons. The number of fused-ring (bicyclic) bond motifs is 1. The van der Waals surface area contributed by atoms with E-state index < -0.39 is 0 Å². The number of aliphatic hydroxyl groups is 1. The zero-order chi connectivity index (χ0) is 16.2. The van der Waals surface area contributed by atoms with Gasteiger partial charge in [0.2, 0.25) is 0 Å². The molecule has 3 rings (SSSR count). The standard InChI is InChI=1S/C17H18N2O3S/c1-12-2-4-13(5-3-12)14-10-23-16-15(14)17(21)19(11-18-16)6-8-22-9-7-20/h2-5,10-11,20H,6-9H2,1H3. The van der Waals surface area contributed by atoms with Crippen molar-refractivity contribution in [2.75, 3.05) is 19.8 Å². The lowest BCUT2D eigenvalue weighted by molar-refractivity contribution is 0.0865. The first kappa shape index (κ1) is 15.9. The van der Waals surface area contributed by atoms with E-state index in [-0.39, 0.29) is 18.8 Å². The van der Waals surface area contributed by atoms with Crippen LogP contribution >= 0.6 is 11.3 Å². The predicted molar refractivity (Wildman–Crippen MR) is 92.0 cm³/mol. The normalized spacial score (nSPS) is 11.2. The third-order valence-electron chi connectivity index (χ3n) is 3.64. The second-order valence-electron chi connectivity index (χ2n) is 5.27. The van der Waals surface area contributed by atoms with Crippen molar-refractivity contribution in [3.63, 3.8) is 0 Å². The average molecular weight is 330 g/mol. The Balaban J connectivity index is 1.97. The summed E-state index contributed by atoms with van der Waals surface area (Å²) in [6.07, 6.45) is 1.56. The van der Waals surface area contributed by atoms with Crippen molar-refractivity contribution >= 4 is 21.6 Å². The number of ether oxygens (including phenoxy) is 1. The molecule has 1 N–H and O–H groups in total. The molecule has 0 aliphatic heterocycles. The van der Waals surface area contributed by atoms with Gasteiger partial charge in [-0.1, -0.05) is 29.8 Å². The van der Waals surface area contributed by atoms with Gasteiger partial charge < -0.3 is 9.84 Å². The molecule has 0 aliphatic rings. The first-order valence-corrected chi connectivity index (χ1v) is 8.31. The highest BCUT2D eigenvalue weighted by atomic mass is 32.1. The van der Waals surface area contributed by atoms with E-state index >= 15 is 0 Å². The highest BCUT2D eigenvalue weighted by Crippen LogP contribution is 2.30. The van der Waals surface area contributed by atoms with E-state index in [2.05, 4.69) is 4.98 Å². The van der Waals surface area contributed by atoms with Crippen LogP contribution in [-0.4, -0.2) is 34.5 Å². The minimum Gasteiger partial charge on any atom is -0.394 e. The van der Waals surface area contributed by atoms with Crippen LogP contribution in [0.25, 0.3) is 21.3 Å². The summed E-state index contributed by atoms with van der Waals surface area (Å²) in [5.41, 5.74) is 3.08. The quantitative estimate of drug-likeness (QED) is 0.705. The van der Waals surface area contributed by atoms with Crippen molar-refractivity contribution in [1.82, 2.24) is 9.55 Å². The van der Waals surface area contributed by atoms with Gasteiger partial charge in [0, 0.05) is 10.9 Å². The molecule has 0 aliphatic carbocycles. The maximum Gasteiger partial charge on any atom is 0.262 e. The third kappa shape index (κ3) is 3.34. The molecule has 0 saturated carbocycles. The lowest BCUT2D eigenvalue weighted by atomic mass is 10.1. The predicted octanol–water partition coefficient (Wildman–Crippen LogP) is 2.44. The summed E-state index contributed by atoms with van der Waals surface area (Å²) in [6.45, 7) is 3.09. The van der Waals surface area contributed by atoms with Gasteiger partial charge in [-0.2, -0.15) is 0 Å². The molecule has 6 heteroatoms. The Morgan fingerprint density at radius 1 is 1.26 bits per heavy atom. The molecule has 2 aromatic heterocycles. The number of thiophene rings is 1. The van der Waals surface area contributed by atoms with Crippen LogP contribution in [0.4, 0.5) is 0 Å². The summed E-state index contributed by atoms with van der Waals surface area (Å²) in [5, 5.41) is 11.3. The minimum atomic E-state index is -0.0561. The molecule has 23 heavy (non-hydrogen) atoms. The topological polar surface area (TPSA) is 64.3 Å². The van der Waals surface area contributed by atoms with Gasteiger partial charge in [0.05, 0.1) is 38.1 Å². The monoisotopic (exact) mass is 330 g/mol. The summed E-state index contributed by atoms with van der Waals surface area (Å²) in [6, 6.07) is 8.13. The molecule has 3 aromatic rings. The van der Waals surface area contributed by atoms with Crippen LogP contribution in [0.15, 0.2) is 40.8 Å². The molecule has 120 valence electrons. The van der Waals surface area contributed by atoms with E-state index in [9.17, 15) is 4.79 Å². The third-order valence-corrected chi connectivity index (χ3v) is 4.52. The van der Waals surface area contributed by atoms with Gasteiger partial charge in [-0.05, 0) is 12.5 Å². The second-order valence-corrected chi connectivity index (χ2v) is 6.13. The fourth-order valence-corrected chi connectivity index (χ4v) is 3.31. The zero-order valence-corrected chi connectivity index (χ0v) is 13.7. The van der Waals surface area contributed by atoms with Crippen molar-refractivity contribution in [2.24, 2.45) is 0 Å². The van der Waals surface area contributed by atoms with Gasteiger partial charge in [0.1, 0.15) is 4.83 Å². The largest absolute Gasteiger partial charge is 0.394 e. The maximum absolute atomic E-state index is 12.7. The van der Waals surface area contributed by atoms with E-state index in [1.807, 2.05) is 36.6 Å². The zero-order valence-electron chi connectivity index (χ0n) is 12.9. The first-order valence-electron chi connectivity index (χ1n) is 7.43. The van der Waals surface area contributed by atoms with Gasteiger partial charge in [-0.25, -0.2) is 4.98 Å². The Morgan fingerprint density at radius 2 is 2.04 bits per heavy atom. The number of rotatable bonds is 6. The van der Waals surface area contributed by atoms with E-state index in [4.69, 9.17) is 9.84 Å². The number of aromatic nitrogens is 2. The van der Waals surface area contributed by atoms with Crippen LogP contribution in [0.2, 0.25) is 0 Å². The summed E-state index contributed by atoms with van der Waals surface area (Å²) >= 11 is 1.48. The van der Waals surface area contributed by atoms with E-state index in [1.54, 1.807) is 10.9 Å². The fraction of sp³-hybridized carbons (Fsp3) is 0.294. The van der Waals surface area contributed by atoms with E-state index in [1.165, 1.54) is 16.9 Å². The number of hydrogen-bond donors (Lipinski definition) is 1. The molecule has 0 spiro atoms. The van der Waals surface area contributed by atoms with Gasteiger partial charge in [0.15, 0.2) is 0 Å². The van der Waals surface area contributed by atoms with Crippen LogP contribution < -0.4 is 5.56 Å². The Kier molecular flexibility index (Phi) is 4.85. The molecule has 0 amide bonds. The number of nitrogens with zero attached hydrogens (tertiary/aromatic N) is 2. The number of aliphatic hydroxyl groups excluding tert-OH is 1. The maximum atomic E-state index is 12.7. The summed E-state index contributed by atoms with van der Waals surface area (Å²) in [5.74, 6) is 0. The van der Waals surface area contributed by atoms with Gasteiger partial charge >= 0.3 is 0 Å². The highest BCUT2D eigenvalue weighted by molar-refractivity contribution is 7.17.